The maximum Gasteiger partial charge on any atom is 0.239 e. The monoisotopic (exact) mass is 224 g/mol. The number of para-hydroxylation sites is 1. The summed E-state index contributed by atoms with van der Waals surface area (Å²) in [6.07, 6.45) is 0. The Morgan fingerprint density at radius 1 is 1.47 bits per heavy atom. The zero-order chi connectivity index (χ0) is 10.8. The summed E-state index contributed by atoms with van der Waals surface area (Å²) in [5.41, 5.74) is 0.245. The maximum atomic E-state index is 13.2. The van der Waals surface area contributed by atoms with Gasteiger partial charge in [-0.3, -0.25) is 4.79 Å². The van der Waals surface area contributed by atoms with Crippen LogP contribution >= 0.6 is 11.8 Å². The summed E-state index contributed by atoms with van der Waals surface area (Å²) in [6, 6.07) is 6.21. The quantitative estimate of drug-likeness (QED) is 0.793. The Morgan fingerprint density at radius 3 is 2.80 bits per heavy atom. The van der Waals surface area contributed by atoms with Gasteiger partial charge in [0.1, 0.15) is 11.5 Å². The number of amidine groups is 1. The molecule has 1 N–H and O–H groups in total. The van der Waals surface area contributed by atoms with Gasteiger partial charge in [-0.15, -0.1) is 0 Å². The molecule has 1 aromatic rings. The van der Waals surface area contributed by atoms with Crippen LogP contribution in [0.25, 0.3) is 0 Å². The number of rotatable bonds is 1. The van der Waals surface area contributed by atoms with Gasteiger partial charge < -0.3 is 5.32 Å². The van der Waals surface area contributed by atoms with Crippen LogP contribution in [0.4, 0.5) is 10.1 Å². The average molecular weight is 224 g/mol. The van der Waals surface area contributed by atoms with E-state index in [1.165, 1.54) is 17.8 Å². The summed E-state index contributed by atoms with van der Waals surface area (Å²) in [4.78, 5) is 15.2. The second-order valence-corrected chi connectivity index (χ2v) is 4.45. The topological polar surface area (TPSA) is 41.5 Å². The van der Waals surface area contributed by atoms with Crippen molar-refractivity contribution < 1.29 is 9.18 Å². The van der Waals surface area contributed by atoms with Crippen LogP contribution in [0.2, 0.25) is 0 Å². The van der Waals surface area contributed by atoms with Crippen molar-refractivity contribution in [3.05, 3.63) is 30.1 Å². The van der Waals surface area contributed by atoms with E-state index in [4.69, 9.17) is 0 Å². The van der Waals surface area contributed by atoms with Crippen molar-refractivity contribution in [1.29, 1.82) is 0 Å². The van der Waals surface area contributed by atoms with Crippen LogP contribution in [0.15, 0.2) is 29.3 Å². The van der Waals surface area contributed by atoms with Crippen molar-refractivity contribution in [3.63, 3.8) is 0 Å². The molecule has 78 valence electrons. The fourth-order valence-corrected chi connectivity index (χ4v) is 1.97. The summed E-state index contributed by atoms with van der Waals surface area (Å²) >= 11 is 1.30. The van der Waals surface area contributed by atoms with E-state index in [9.17, 15) is 9.18 Å². The summed E-state index contributed by atoms with van der Waals surface area (Å²) in [5, 5.41) is 2.89. The van der Waals surface area contributed by atoms with Gasteiger partial charge in [-0.2, -0.15) is 0 Å². The molecule has 1 fully saturated rings. The highest BCUT2D eigenvalue weighted by atomic mass is 32.2. The molecule has 1 aliphatic heterocycles. The Kier molecular flexibility index (Phi) is 2.73. The largest absolute Gasteiger partial charge is 0.304 e. The van der Waals surface area contributed by atoms with Crippen molar-refractivity contribution in [3.8, 4) is 0 Å². The molecule has 2 rings (SSSR count). The van der Waals surface area contributed by atoms with Gasteiger partial charge in [0.2, 0.25) is 5.91 Å². The Balaban J connectivity index is 2.25. The van der Waals surface area contributed by atoms with Crippen LogP contribution in [-0.4, -0.2) is 16.3 Å². The number of thioether (sulfide) groups is 1. The molecule has 3 nitrogen and oxygen atoms in total. The smallest absolute Gasteiger partial charge is 0.239 e. The number of halogens is 1. The Morgan fingerprint density at radius 2 is 2.20 bits per heavy atom. The average Bonchev–Trinajstić information content (AvgIpc) is 2.50. The van der Waals surface area contributed by atoms with E-state index in [1.54, 1.807) is 25.1 Å². The number of carbonyl (C=O) groups is 1. The fourth-order valence-electron chi connectivity index (χ4n) is 1.16. The first-order valence-corrected chi connectivity index (χ1v) is 5.35. The third kappa shape index (κ3) is 2.18. The van der Waals surface area contributed by atoms with E-state index in [1.807, 2.05) is 0 Å². The molecule has 1 amide bonds. The highest BCUT2D eigenvalue weighted by Crippen LogP contribution is 2.23. The van der Waals surface area contributed by atoms with Crippen LogP contribution in [0.3, 0.4) is 0 Å². The molecule has 1 unspecified atom stereocenters. The summed E-state index contributed by atoms with van der Waals surface area (Å²) in [6.45, 7) is 1.78. The second kappa shape index (κ2) is 4.02. The van der Waals surface area contributed by atoms with Gasteiger partial charge in [0.15, 0.2) is 5.17 Å². The molecule has 5 heteroatoms. The Labute approximate surface area is 90.8 Å². The lowest BCUT2D eigenvalue weighted by Gasteiger charge is -1.97. The van der Waals surface area contributed by atoms with Crippen LogP contribution < -0.4 is 5.32 Å². The minimum atomic E-state index is -0.389. The second-order valence-electron chi connectivity index (χ2n) is 3.12. The van der Waals surface area contributed by atoms with Crippen molar-refractivity contribution in [2.24, 2.45) is 4.99 Å². The fraction of sp³-hybridized carbons (Fsp3) is 0.200. The van der Waals surface area contributed by atoms with Gasteiger partial charge in [-0.25, -0.2) is 9.38 Å². The molecule has 1 heterocycles. The van der Waals surface area contributed by atoms with E-state index in [2.05, 4.69) is 10.3 Å². The molecule has 1 atom stereocenters. The molecule has 0 spiro atoms. The van der Waals surface area contributed by atoms with Crippen LogP contribution in [0, 0.1) is 5.82 Å². The third-order valence-corrected chi connectivity index (χ3v) is 2.95. The van der Waals surface area contributed by atoms with Crippen molar-refractivity contribution in [1.82, 2.24) is 5.32 Å². The van der Waals surface area contributed by atoms with Crippen LogP contribution in [-0.2, 0) is 4.79 Å². The Bertz CT molecular complexity index is 433. The first-order chi connectivity index (χ1) is 7.16. The summed E-state index contributed by atoms with van der Waals surface area (Å²) in [7, 11) is 0. The van der Waals surface area contributed by atoms with E-state index < -0.39 is 0 Å². The molecule has 1 aromatic carbocycles. The minimum absolute atomic E-state index is 0.0879. The van der Waals surface area contributed by atoms with E-state index >= 15 is 0 Å². The lowest BCUT2D eigenvalue weighted by molar-refractivity contribution is -0.118. The van der Waals surface area contributed by atoms with E-state index in [-0.39, 0.29) is 22.7 Å². The summed E-state index contributed by atoms with van der Waals surface area (Å²) < 4.78 is 13.2. The van der Waals surface area contributed by atoms with Crippen molar-refractivity contribution in [2.45, 2.75) is 12.2 Å². The highest BCUT2D eigenvalue weighted by Gasteiger charge is 2.25. The molecule has 15 heavy (non-hydrogen) atoms. The molecule has 0 saturated carbocycles. The van der Waals surface area contributed by atoms with Gasteiger partial charge in [0.05, 0.1) is 5.25 Å². The predicted molar refractivity (Wildman–Crippen MR) is 58.7 cm³/mol. The molecule has 1 saturated heterocycles. The number of nitrogens with zero attached hydrogens (tertiary/aromatic N) is 1. The highest BCUT2D eigenvalue weighted by molar-refractivity contribution is 8.15. The SMILES string of the molecule is CC1SC(=Nc2ccccc2F)NC1=O. The van der Waals surface area contributed by atoms with Gasteiger partial charge in [-0.05, 0) is 19.1 Å². The number of hydrogen-bond donors (Lipinski definition) is 1. The molecule has 0 bridgehead atoms. The van der Waals surface area contributed by atoms with E-state index in [0.29, 0.717) is 5.17 Å². The molecule has 0 aliphatic carbocycles. The molecule has 1 aliphatic rings. The number of benzene rings is 1. The van der Waals surface area contributed by atoms with Crippen molar-refractivity contribution >= 4 is 28.5 Å². The predicted octanol–water partition coefficient (Wildman–Crippen LogP) is 2.06. The van der Waals surface area contributed by atoms with Crippen LogP contribution in [0.5, 0.6) is 0 Å². The number of carbonyl (C=O) groups excluding carboxylic acids is 1. The molecule has 0 aromatic heterocycles. The first kappa shape index (κ1) is 10.2. The molecular formula is C10H9FN2OS. The number of hydrogen-bond acceptors (Lipinski definition) is 3. The van der Waals surface area contributed by atoms with Gasteiger partial charge in [0, 0.05) is 0 Å². The third-order valence-electron chi connectivity index (χ3n) is 1.96. The Hall–Kier alpha value is -1.36. The number of amides is 1. The number of aliphatic imine (C=N–C) groups is 1. The summed E-state index contributed by atoms with van der Waals surface area (Å²) in [5.74, 6) is -0.477. The van der Waals surface area contributed by atoms with E-state index in [0.717, 1.165) is 0 Å². The van der Waals surface area contributed by atoms with Crippen LogP contribution in [0.1, 0.15) is 6.92 Å². The lowest BCUT2D eigenvalue weighted by atomic mass is 10.3. The maximum absolute atomic E-state index is 13.2. The first-order valence-electron chi connectivity index (χ1n) is 4.47. The zero-order valence-corrected chi connectivity index (χ0v) is 8.84. The normalized spacial score (nSPS) is 23.2. The van der Waals surface area contributed by atoms with Gasteiger partial charge in [-0.1, -0.05) is 23.9 Å². The number of nitrogens with one attached hydrogen (secondary N) is 1. The molecular weight excluding hydrogens is 215 g/mol. The van der Waals surface area contributed by atoms with Crippen molar-refractivity contribution in [2.75, 3.05) is 0 Å². The van der Waals surface area contributed by atoms with Gasteiger partial charge >= 0.3 is 0 Å². The molecule has 0 radical (unpaired) electrons. The zero-order valence-electron chi connectivity index (χ0n) is 8.03. The minimum Gasteiger partial charge on any atom is -0.304 e. The lowest BCUT2D eigenvalue weighted by Crippen LogP contribution is -2.23. The van der Waals surface area contributed by atoms with Gasteiger partial charge in [0.25, 0.3) is 0 Å². The standard InChI is InChI=1S/C10H9FN2OS/c1-6-9(14)13-10(15-6)12-8-5-3-2-4-7(8)11/h2-6H,1H3,(H,12,13,14).